The number of aryl methyl sites for hydroxylation is 1. The Morgan fingerprint density at radius 2 is 1.48 bits per heavy atom. The summed E-state index contributed by atoms with van der Waals surface area (Å²) in [6.07, 6.45) is 8.76. The normalized spacial score (nSPS) is 21.7. The Hall–Kier alpha value is -1.20. The summed E-state index contributed by atoms with van der Waals surface area (Å²) < 4.78 is 6.04. The lowest BCUT2D eigenvalue weighted by atomic mass is 9.97. The third-order valence-electron chi connectivity index (χ3n) is 5.21. The monoisotopic (exact) mass is 318 g/mol. The summed E-state index contributed by atoms with van der Waals surface area (Å²) in [5.41, 5.74) is 1.12. The van der Waals surface area contributed by atoms with E-state index >= 15 is 0 Å². The van der Waals surface area contributed by atoms with Crippen LogP contribution in [0.2, 0.25) is 0 Å². The van der Waals surface area contributed by atoms with E-state index in [1.54, 1.807) is 0 Å². The number of aromatic nitrogens is 2. The van der Waals surface area contributed by atoms with E-state index in [1.165, 1.54) is 38.8 Å². The Morgan fingerprint density at radius 3 is 2.04 bits per heavy atom. The smallest absolute Gasteiger partial charge is 0.225 e. The molecule has 0 aromatic carbocycles. The summed E-state index contributed by atoms with van der Waals surface area (Å²) in [6.45, 7) is 8.45. The highest BCUT2D eigenvalue weighted by Gasteiger charge is 2.22. The highest BCUT2D eigenvalue weighted by molar-refractivity contribution is 5.30. The van der Waals surface area contributed by atoms with Crippen LogP contribution in [0, 0.1) is 18.8 Å². The molecule has 0 unspecified atom stereocenters. The molecule has 1 aromatic rings. The fourth-order valence-electron chi connectivity index (χ4n) is 3.48. The highest BCUT2D eigenvalue weighted by Crippen LogP contribution is 2.22. The molecule has 5 heteroatoms. The van der Waals surface area contributed by atoms with Crippen molar-refractivity contribution in [2.75, 3.05) is 51.3 Å². The van der Waals surface area contributed by atoms with Crippen molar-refractivity contribution < 1.29 is 4.74 Å². The van der Waals surface area contributed by atoms with Crippen LogP contribution in [-0.2, 0) is 4.74 Å². The summed E-state index contributed by atoms with van der Waals surface area (Å²) in [5.74, 6) is 2.34. The number of hydrogen-bond acceptors (Lipinski definition) is 5. The molecule has 23 heavy (non-hydrogen) atoms. The molecule has 3 rings (SSSR count). The molecule has 0 saturated carbocycles. The number of rotatable bonds is 5. The lowest BCUT2D eigenvalue weighted by Gasteiger charge is -2.32. The van der Waals surface area contributed by atoms with E-state index in [2.05, 4.69) is 26.8 Å². The molecule has 2 saturated heterocycles. The lowest BCUT2D eigenvalue weighted by Crippen LogP contribution is -2.36. The third-order valence-corrected chi connectivity index (χ3v) is 5.21. The second-order valence-electron chi connectivity index (χ2n) is 7.27. The van der Waals surface area contributed by atoms with Gasteiger partial charge in [-0.05, 0) is 70.1 Å². The predicted molar refractivity (Wildman–Crippen MR) is 92.7 cm³/mol. The Labute approximate surface area is 140 Å². The lowest BCUT2D eigenvalue weighted by molar-refractivity contribution is 0.0458. The number of ether oxygens (including phenoxy) is 1. The SMILES string of the molecule is Cc1cnc(N2CCC(COCC3CCN(C)CC3)CC2)nc1. The van der Waals surface area contributed by atoms with Crippen LogP contribution in [-0.4, -0.2) is 61.3 Å². The van der Waals surface area contributed by atoms with Crippen LogP contribution >= 0.6 is 0 Å². The van der Waals surface area contributed by atoms with Crippen LogP contribution in [0.3, 0.4) is 0 Å². The Bertz CT molecular complexity index is 462. The first-order valence-corrected chi connectivity index (χ1v) is 9.00. The molecule has 0 spiro atoms. The average molecular weight is 318 g/mol. The van der Waals surface area contributed by atoms with E-state index in [0.717, 1.165) is 43.7 Å². The Balaban J connectivity index is 1.34. The van der Waals surface area contributed by atoms with Crippen LogP contribution in [0.25, 0.3) is 0 Å². The summed E-state index contributed by atoms with van der Waals surface area (Å²) in [6, 6.07) is 0. The molecule has 0 aliphatic carbocycles. The van der Waals surface area contributed by atoms with Gasteiger partial charge in [-0.25, -0.2) is 9.97 Å². The molecule has 2 fully saturated rings. The molecule has 5 nitrogen and oxygen atoms in total. The first-order chi connectivity index (χ1) is 11.2. The number of likely N-dealkylation sites (tertiary alicyclic amines) is 1. The van der Waals surface area contributed by atoms with Crippen molar-refractivity contribution in [3.8, 4) is 0 Å². The van der Waals surface area contributed by atoms with Crippen LogP contribution in [0.1, 0.15) is 31.2 Å². The van der Waals surface area contributed by atoms with Gasteiger partial charge in [0, 0.05) is 38.7 Å². The fraction of sp³-hybridized carbons (Fsp3) is 0.778. The standard InChI is InChI=1S/C18H30N4O/c1-15-11-19-18(20-12-15)22-9-5-17(6-10-22)14-23-13-16-3-7-21(2)8-4-16/h11-12,16-17H,3-10,13-14H2,1-2H3. The van der Waals surface area contributed by atoms with Gasteiger partial charge >= 0.3 is 0 Å². The Morgan fingerprint density at radius 1 is 0.957 bits per heavy atom. The van der Waals surface area contributed by atoms with Crippen LogP contribution in [0.5, 0.6) is 0 Å². The summed E-state index contributed by atoms with van der Waals surface area (Å²) in [7, 11) is 2.21. The quantitative estimate of drug-likeness (QED) is 0.834. The van der Waals surface area contributed by atoms with Gasteiger partial charge in [-0.3, -0.25) is 0 Å². The molecule has 128 valence electrons. The van der Waals surface area contributed by atoms with Gasteiger partial charge in [-0.2, -0.15) is 0 Å². The zero-order chi connectivity index (χ0) is 16.1. The Kier molecular flexibility index (Phi) is 5.84. The van der Waals surface area contributed by atoms with Crippen LogP contribution < -0.4 is 4.90 Å². The second-order valence-corrected chi connectivity index (χ2v) is 7.27. The first-order valence-electron chi connectivity index (χ1n) is 9.00. The molecule has 3 heterocycles. The van der Waals surface area contributed by atoms with Gasteiger partial charge in [0.05, 0.1) is 0 Å². The topological polar surface area (TPSA) is 41.5 Å². The summed E-state index contributed by atoms with van der Waals surface area (Å²) in [5, 5.41) is 0. The highest BCUT2D eigenvalue weighted by atomic mass is 16.5. The van der Waals surface area contributed by atoms with E-state index in [-0.39, 0.29) is 0 Å². The van der Waals surface area contributed by atoms with Crippen molar-refractivity contribution in [3.63, 3.8) is 0 Å². The van der Waals surface area contributed by atoms with Gasteiger partial charge in [0.1, 0.15) is 0 Å². The number of piperidine rings is 2. The fourth-order valence-corrected chi connectivity index (χ4v) is 3.48. The molecule has 2 aliphatic rings. The first kappa shape index (κ1) is 16.7. The molecular weight excluding hydrogens is 288 g/mol. The molecule has 0 atom stereocenters. The second kappa shape index (κ2) is 8.06. The van der Waals surface area contributed by atoms with Crippen molar-refractivity contribution >= 4 is 5.95 Å². The minimum absolute atomic E-state index is 0.697. The molecule has 0 radical (unpaired) electrons. The van der Waals surface area contributed by atoms with E-state index < -0.39 is 0 Å². The van der Waals surface area contributed by atoms with E-state index in [9.17, 15) is 0 Å². The van der Waals surface area contributed by atoms with Gasteiger partial charge in [0.2, 0.25) is 5.95 Å². The number of anilines is 1. The molecule has 0 N–H and O–H groups in total. The summed E-state index contributed by atoms with van der Waals surface area (Å²) in [4.78, 5) is 13.6. The molecule has 1 aromatic heterocycles. The van der Waals surface area contributed by atoms with Crippen molar-refractivity contribution in [2.24, 2.45) is 11.8 Å². The predicted octanol–water partition coefficient (Wildman–Crippen LogP) is 2.36. The van der Waals surface area contributed by atoms with Crippen molar-refractivity contribution in [1.29, 1.82) is 0 Å². The van der Waals surface area contributed by atoms with Crippen LogP contribution in [0.4, 0.5) is 5.95 Å². The third kappa shape index (κ3) is 4.88. The zero-order valence-electron chi connectivity index (χ0n) is 14.6. The minimum atomic E-state index is 0.697. The van der Waals surface area contributed by atoms with Crippen molar-refractivity contribution in [2.45, 2.75) is 32.6 Å². The van der Waals surface area contributed by atoms with Crippen LogP contribution in [0.15, 0.2) is 12.4 Å². The van der Waals surface area contributed by atoms with E-state index in [4.69, 9.17) is 4.74 Å². The number of nitrogens with zero attached hydrogens (tertiary/aromatic N) is 4. The van der Waals surface area contributed by atoms with Crippen molar-refractivity contribution in [1.82, 2.24) is 14.9 Å². The van der Waals surface area contributed by atoms with Gasteiger partial charge in [-0.15, -0.1) is 0 Å². The van der Waals surface area contributed by atoms with E-state index in [0.29, 0.717) is 5.92 Å². The van der Waals surface area contributed by atoms with Gasteiger partial charge < -0.3 is 14.5 Å². The molecule has 0 bridgehead atoms. The molecular formula is C18H30N4O. The number of hydrogen-bond donors (Lipinski definition) is 0. The maximum atomic E-state index is 6.04. The largest absolute Gasteiger partial charge is 0.381 e. The van der Waals surface area contributed by atoms with Gasteiger partial charge in [-0.1, -0.05) is 0 Å². The van der Waals surface area contributed by atoms with E-state index in [1.807, 2.05) is 19.3 Å². The van der Waals surface area contributed by atoms with Crippen molar-refractivity contribution in [3.05, 3.63) is 18.0 Å². The van der Waals surface area contributed by atoms with Gasteiger partial charge in [0.15, 0.2) is 0 Å². The zero-order valence-corrected chi connectivity index (χ0v) is 14.6. The molecule has 2 aliphatic heterocycles. The average Bonchev–Trinajstić information content (AvgIpc) is 2.58. The molecule has 0 amide bonds. The minimum Gasteiger partial charge on any atom is -0.381 e. The van der Waals surface area contributed by atoms with Gasteiger partial charge in [0.25, 0.3) is 0 Å². The maximum absolute atomic E-state index is 6.04. The summed E-state index contributed by atoms with van der Waals surface area (Å²) >= 11 is 0. The maximum Gasteiger partial charge on any atom is 0.225 e.